The second-order valence-electron chi connectivity index (χ2n) is 4.60. The lowest BCUT2D eigenvalue weighted by molar-refractivity contribution is 0.775. The molecule has 0 saturated heterocycles. The van der Waals surface area contributed by atoms with Gasteiger partial charge in [0.25, 0.3) is 5.56 Å². The van der Waals surface area contributed by atoms with E-state index in [0.717, 1.165) is 30.1 Å². The van der Waals surface area contributed by atoms with Crippen molar-refractivity contribution >= 4 is 0 Å². The Labute approximate surface area is 98.5 Å². The van der Waals surface area contributed by atoms with Crippen molar-refractivity contribution in [1.29, 1.82) is 0 Å². The summed E-state index contributed by atoms with van der Waals surface area (Å²) in [6.45, 7) is 3.89. The molecule has 1 aliphatic carbocycles. The summed E-state index contributed by atoms with van der Waals surface area (Å²) in [5.41, 5.74) is 1.81. The molecule has 0 unspecified atom stereocenters. The zero-order valence-corrected chi connectivity index (χ0v) is 9.90. The molecule has 0 aliphatic heterocycles. The van der Waals surface area contributed by atoms with Crippen molar-refractivity contribution in [1.82, 2.24) is 19.7 Å². The van der Waals surface area contributed by atoms with Crippen LogP contribution in [0.2, 0.25) is 0 Å². The Hall–Kier alpha value is -1.91. The minimum Gasteiger partial charge on any atom is -0.310 e. The molecule has 5 heteroatoms. The van der Waals surface area contributed by atoms with E-state index in [1.54, 1.807) is 4.68 Å². The summed E-state index contributed by atoms with van der Waals surface area (Å²) in [7, 11) is 0. The maximum Gasteiger partial charge on any atom is 0.253 e. The van der Waals surface area contributed by atoms with Gasteiger partial charge in [-0.1, -0.05) is 0 Å². The van der Waals surface area contributed by atoms with Crippen molar-refractivity contribution < 1.29 is 0 Å². The molecule has 0 aromatic carbocycles. The number of hydrogen-bond acceptors (Lipinski definition) is 3. The third-order valence-electron chi connectivity index (χ3n) is 2.94. The quantitative estimate of drug-likeness (QED) is 0.849. The maximum absolute atomic E-state index is 11.6. The van der Waals surface area contributed by atoms with Crippen LogP contribution >= 0.6 is 0 Å². The Morgan fingerprint density at radius 1 is 1.35 bits per heavy atom. The first-order valence-electron chi connectivity index (χ1n) is 5.78. The number of nitrogens with zero attached hydrogens (tertiary/aromatic N) is 3. The molecular formula is C12H14N4O. The first-order chi connectivity index (χ1) is 8.13. The molecule has 2 heterocycles. The van der Waals surface area contributed by atoms with E-state index in [1.165, 1.54) is 6.07 Å². The SMILES string of the molecule is Cc1cc(C)n(-c2cc(=O)[nH]c(C3CC3)n2)n1. The highest BCUT2D eigenvalue weighted by Gasteiger charge is 2.26. The van der Waals surface area contributed by atoms with Gasteiger partial charge >= 0.3 is 0 Å². The van der Waals surface area contributed by atoms with Gasteiger partial charge in [-0.2, -0.15) is 5.10 Å². The molecule has 17 heavy (non-hydrogen) atoms. The number of hydrogen-bond donors (Lipinski definition) is 1. The number of H-pyrrole nitrogens is 1. The molecule has 2 aromatic heterocycles. The number of rotatable bonds is 2. The first-order valence-corrected chi connectivity index (χ1v) is 5.78. The van der Waals surface area contributed by atoms with Gasteiger partial charge < -0.3 is 4.98 Å². The lowest BCUT2D eigenvalue weighted by Gasteiger charge is -2.04. The summed E-state index contributed by atoms with van der Waals surface area (Å²) in [4.78, 5) is 18.9. The molecule has 3 rings (SSSR count). The molecule has 1 fully saturated rings. The Morgan fingerprint density at radius 3 is 2.71 bits per heavy atom. The van der Waals surface area contributed by atoms with Crippen molar-refractivity contribution in [3.8, 4) is 5.82 Å². The van der Waals surface area contributed by atoms with Gasteiger partial charge in [0, 0.05) is 17.7 Å². The standard InChI is InChI=1S/C12H14N4O/c1-7-5-8(2)16(15-7)10-6-11(17)14-12(13-10)9-3-4-9/h5-6,9H,3-4H2,1-2H3,(H,13,14,17). The van der Waals surface area contributed by atoms with E-state index in [2.05, 4.69) is 15.1 Å². The van der Waals surface area contributed by atoms with Crippen LogP contribution in [0.15, 0.2) is 16.9 Å². The number of nitrogens with one attached hydrogen (secondary N) is 1. The van der Waals surface area contributed by atoms with Crippen LogP contribution in [0.1, 0.15) is 36.0 Å². The van der Waals surface area contributed by atoms with Gasteiger partial charge in [0.2, 0.25) is 0 Å². The minimum atomic E-state index is -0.107. The smallest absolute Gasteiger partial charge is 0.253 e. The van der Waals surface area contributed by atoms with Gasteiger partial charge in [0.15, 0.2) is 5.82 Å². The molecule has 5 nitrogen and oxygen atoms in total. The maximum atomic E-state index is 11.6. The Morgan fingerprint density at radius 2 is 2.12 bits per heavy atom. The van der Waals surface area contributed by atoms with Gasteiger partial charge in [-0.3, -0.25) is 4.79 Å². The molecule has 0 atom stereocenters. The van der Waals surface area contributed by atoms with Crippen molar-refractivity contribution in [2.75, 3.05) is 0 Å². The van der Waals surface area contributed by atoms with Gasteiger partial charge in [0.1, 0.15) is 5.82 Å². The summed E-state index contributed by atoms with van der Waals surface area (Å²) < 4.78 is 1.72. The van der Waals surface area contributed by atoms with Crippen molar-refractivity contribution in [2.45, 2.75) is 32.6 Å². The number of aromatic nitrogens is 4. The molecule has 0 radical (unpaired) electrons. The summed E-state index contributed by atoms with van der Waals surface area (Å²) in [6.07, 6.45) is 2.23. The van der Waals surface area contributed by atoms with Gasteiger partial charge in [-0.05, 0) is 32.8 Å². The van der Waals surface area contributed by atoms with E-state index in [-0.39, 0.29) is 5.56 Å². The molecule has 0 amide bonds. The van der Waals surface area contributed by atoms with Crippen LogP contribution in [0.4, 0.5) is 0 Å². The van der Waals surface area contributed by atoms with E-state index in [4.69, 9.17) is 0 Å². The summed E-state index contributed by atoms with van der Waals surface area (Å²) in [5, 5.41) is 4.34. The lowest BCUT2D eigenvalue weighted by atomic mass is 10.4. The van der Waals surface area contributed by atoms with E-state index in [9.17, 15) is 4.79 Å². The summed E-state index contributed by atoms with van der Waals surface area (Å²) >= 11 is 0. The fourth-order valence-corrected chi connectivity index (χ4v) is 1.98. The van der Waals surface area contributed by atoms with Crippen LogP contribution in [0, 0.1) is 13.8 Å². The van der Waals surface area contributed by atoms with E-state index in [0.29, 0.717) is 11.7 Å². The molecule has 1 saturated carbocycles. The van der Waals surface area contributed by atoms with Gasteiger partial charge in [-0.25, -0.2) is 9.67 Å². The van der Waals surface area contributed by atoms with Crippen LogP contribution in [0.5, 0.6) is 0 Å². The molecule has 1 N–H and O–H groups in total. The van der Waals surface area contributed by atoms with Crippen LogP contribution in [0.25, 0.3) is 5.82 Å². The van der Waals surface area contributed by atoms with Crippen LogP contribution < -0.4 is 5.56 Å². The van der Waals surface area contributed by atoms with Crippen LogP contribution in [-0.4, -0.2) is 19.7 Å². The molecule has 1 aliphatic rings. The largest absolute Gasteiger partial charge is 0.310 e. The summed E-state index contributed by atoms with van der Waals surface area (Å²) in [6, 6.07) is 3.46. The monoisotopic (exact) mass is 230 g/mol. The fraction of sp³-hybridized carbons (Fsp3) is 0.417. The highest BCUT2D eigenvalue weighted by molar-refractivity contribution is 5.26. The van der Waals surface area contributed by atoms with E-state index in [1.807, 2.05) is 19.9 Å². The highest BCUT2D eigenvalue weighted by atomic mass is 16.1. The summed E-state index contributed by atoms with van der Waals surface area (Å²) in [5.74, 6) is 1.83. The zero-order valence-electron chi connectivity index (χ0n) is 9.90. The predicted molar refractivity (Wildman–Crippen MR) is 63.4 cm³/mol. The minimum absolute atomic E-state index is 0.107. The van der Waals surface area contributed by atoms with Crippen LogP contribution in [-0.2, 0) is 0 Å². The highest BCUT2D eigenvalue weighted by Crippen LogP contribution is 2.37. The first kappa shape index (κ1) is 10.3. The third-order valence-corrected chi connectivity index (χ3v) is 2.94. The molecule has 0 spiro atoms. The Bertz CT molecular complexity index is 622. The van der Waals surface area contributed by atoms with E-state index >= 15 is 0 Å². The van der Waals surface area contributed by atoms with Gasteiger partial charge in [-0.15, -0.1) is 0 Å². The predicted octanol–water partition coefficient (Wildman–Crippen LogP) is 1.45. The number of aryl methyl sites for hydroxylation is 2. The fourth-order valence-electron chi connectivity index (χ4n) is 1.98. The topological polar surface area (TPSA) is 63.6 Å². The lowest BCUT2D eigenvalue weighted by Crippen LogP contribution is -2.14. The second-order valence-corrected chi connectivity index (χ2v) is 4.60. The Kier molecular flexibility index (Phi) is 2.14. The molecule has 0 bridgehead atoms. The number of aromatic amines is 1. The van der Waals surface area contributed by atoms with Crippen molar-refractivity contribution in [2.24, 2.45) is 0 Å². The normalized spacial score (nSPS) is 15.2. The van der Waals surface area contributed by atoms with Gasteiger partial charge in [0.05, 0.1) is 5.69 Å². The average molecular weight is 230 g/mol. The van der Waals surface area contributed by atoms with Crippen molar-refractivity contribution in [3.05, 3.63) is 39.7 Å². The zero-order chi connectivity index (χ0) is 12.0. The van der Waals surface area contributed by atoms with Crippen LogP contribution in [0.3, 0.4) is 0 Å². The molecule has 2 aromatic rings. The molecular weight excluding hydrogens is 216 g/mol. The van der Waals surface area contributed by atoms with Crippen molar-refractivity contribution in [3.63, 3.8) is 0 Å². The van der Waals surface area contributed by atoms with E-state index < -0.39 is 0 Å². The second kappa shape index (κ2) is 3.55. The average Bonchev–Trinajstić information content (AvgIpc) is 3.04. The Balaban J connectivity index is 2.13. The third kappa shape index (κ3) is 1.88. The molecule has 88 valence electrons.